The number of esters is 1. The summed E-state index contributed by atoms with van der Waals surface area (Å²) in [7, 11) is 2.60. The van der Waals surface area contributed by atoms with Crippen LogP contribution in [0.15, 0.2) is 42.5 Å². The van der Waals surface area contributed by atoms with Gasteiger partial charge in [0.05, 0.1) is 24.3 Å². The highest BCUT2D eigenvalue weighted by Crippen LogP contribution is 2.35. The second-order valence-corrected chi connectivity index (χ2v) is 7.57. The summed E-state index contributed by atoms with van der Waals surface area (Å²) in [6.07, 6.45) is -6.81. The molecule has 178 valence electrons. The average Bonchev–Trinajstić information content (AvgIpc) is 2.83. The number of halogens is 1. The van der Waals surface area contributed by atoms with Crippen molar-refractivity contribution in [2.45, 2.75) is 30.7 Å². The van der Waals surface area contributed by atoms with Crippen LogP contribution in [0.25, 0.3) is 0 Å². The minimum atomic E-state index is -1.58. The quantitative estimate of drug-likeness (QED) is 0.429. The van der Waals surface area contributed by atoms with Crippen molar-refractivity contribution in [3.63, 3.8) is 0 Å². The Kier molecular flexibility index (Phi) is 8.25. The number of ether oxygens (including phenoxy) is 4. The number of hydrogen-bond acceptors (Lipinski definition) is 9. The Labute approximate surface area is 194 Å². The molecule has 0 aromatic heterocycles. The van der Waals surface area contributed by atoms with Crippen molar-refractivity contribution in [1.82, 2.24) is 0 Å². The van der Waals surface area contributed by atoms with Gasteiger partial charge < -0.3 is 39.6 Å². The molecule has 0 radical (unpaired) electrons. The number of methoxy groups -OCH3 is 2. The third-order valence-electron chi connectivity index (χ3n) is 5.08. The van der Waals surface area contributed by atoms with Gasteiger partial charge >= 0.3 is 5.97 Å². The normalized spacial score (nSPS) is 24.7. The summed E-state index contributed by atoms with van der Waals surface area (Å²) in [4.78, 5) is 25.3. The van der Waals surface area contributed by atoms with Crippen molar-refractivity contribution in [3.8, 4) is 5.75 Å². The van der Waals surface area contributed by atoms with E-state index in [1.807, 2.05) is 0 Å². The number of amides is 1. The molecule has 10 nitrogen and oxygen atoms in total. The van der Waals surface area contributed by atoms with Crippen LogP contribution in [-0.4, -0.2) is 78.7 Å². The number of aliphatic hydroxyl groups is 3. The highest BCUT2D eigenvalue weighted by atomic mass is 35.5. The van der Waals surface area contributed by atoms with E-state index in [4.69, 9.17) is 30.5 Å². The van der Waals surface area contributed by atoms with E-state index in [2.05, 4.69) is 5.32 Å². The lowest BCUT2D eigenvalue weighted by molar-refractivity contribution is -0.293. The Balaban J connectivity index is 1.81. The molecule has 3 rings (SSSR count). The molecule has 0 aliphatic carbocycles. The summed E-state index contributed by atoms with van der Waals surface area (Å²) < 4.78 is 21.0. The van der Waals surface area contributed by atoms with Gasteiger partial charge in [-0.1, -0.05) is 29.8 Å². The van der Waals surface area contributed by atoms with Crippen LogP contribution in [0.1, 0.15) is 20.7 Å². The molecule has 1 saturated heterocycles. The monoisotopic (exact) mass is 481 g/mol. The molecular weight excluding hydrogens is 458 g/mol. The van der Waals surface area contributed by atoms with Gasteiger partial charge in [0, 0.05) is 12.7 Å². The van der Waals surface area contributed by atoms with Gasteiger partial charge in [0.1, 0.15) is 29.7 Å². The van der Waals surface area contributed by atoms with Crippen LogP contribution in [0.3, 0.4) is 0 Å². The second-order valence-electron chi connectivity index (χ2n) is 7.17. The summed E-state index contributed by atoms with van der Waals surface area (Å²) in [6.45, 7) is -0.568. The Morgan fingerprint density at radius 3 is 2.39 bits per heavy atom. The lowest BCUT2D eigenvalue weighted by Crippen LogP contribution is -2.60. The van der Waals surface area contributed by atoms with Crippen molar-refractivity contribution in [2.75, 3.05) is 26.1 Å². The van der Waals surface area contributed by atoms with E-state index in [0.717, 1.165) is 0 Å². The first-order valence-electron chi connectivity index (χ1n) is 9.90. The topological polar surface area (TPSA) is 144 Å². The van der Waals surface area contributed by atoms with E-state index in [0.29, 0.717) is 5.56 Å². The largest absolute Gasteiger partial charge is 0.494 e. The number of nitrogens with one attached hydrogen (secondary N) is 1. The third kappa shape index (κ3) is 5.44. The molecule has 33 heavy (non-hydrogen) atoms. The fraction of sp³-hybridized carbons (Fsp3) is 0.364. The number of carbonyl (C=O) groups is 2. The molecule has 1 heterocycles. The molecule has 11 heteroatoms. The van der Waals surface area contributed by atoms with Gasteiger partial charge in [-0.05, 0) is 24.3 Å². The first kappa shape index (κ1) is 24.9. The molecule has 0 spiro atoms. The maximum Gasteiger partial charge on any atom is 0.338 e. The van der Waals surface area contributed by atoms with Crippen LogP contribution in [0.2, 0.25) is 5.02 Å². The number of carbonyl (C=O) groups excluding carboxylic acids is 2. The van der Waals surface area contributed by atoms with Crippen molar-refractivity contribution in [1.29, 1.82) is 0 Å². The van der Waals surface area contributed by atoms with Crippen LogP contribution < -0.4 is 10.1 Å². The predicted octanol–water partition coefficient (Wildman–Crippen LogP) is 1.21. The van der Waals surface area contributed by atoms with Crippen LogP contribution in [0.4, 0.5) is 5.69 Å². The standard InChI is InChI=1S/C22H24ClNO9/c1-30-14-9-12(8-13(23)16(14)24-20(28)11-6-4-3-5-7-11)21(29)33-19-18(27)17(26)15(10-25)32-22(19)31-2/h3-9,15,17-19,22,25-27H,10H2,1-2H3,(H,24,28)/t15-,17-,18+,19-,22+/m1/s1. The maximum atomic E-state index is 12.8. The molecule has 2 aromatic carbocycles. The molecule has 1 amide bonds. The zero-order chi connectivity index (χ0) is 24.1. The molecule has 2 aromatic rings. The summed E-state index contributed by atoms with van der Waals surface area (Å²) in [5.74, 6) is -1.24. The molecule has 1 aliphatic rings. The van der Waals surface area contributed by atoms with Gasteiger partial charge in [0.2, 0.25) is 0 Å². The fourth-order valence-corrected chi connectivity index (χ4v) is 3.58. The fourth-order valence-electron chi connectivity index (χ4n) is 3.32. The first-order chi connectivity index (χ1) is 15.8. The molecule has 0 saturated carbocycles. The second kappa shape index (κ2) is 10.9. The molecule has 4 N–H and O–H groups in total. The van der Waals surface area contributed by atoms with E-state index < -0.39 is 49.2 Å². The van der Waals surface area contributed by atoms with Gasteiger partial charge in [0.25, 0.3) is 5.91 Å². The smallest absolute Gasteiger partial charge is 0.338 e. The molecular formula is C22H24ClNO9. The lowest BCUT2D eigenvalue weighted by atomic mass is 9.99. The number of rotatable bonds is 7. The van der Waals surface area contributed by atoms with Crippen molar-refractivity contribution in [3.05, 3.63) is 58.6 Å². The predicted molar refractivity (Wildman–Crippen MR) is 116 cm³/mol. The number of benzene rings is 2. The van der Waals surface area contributed by atoms with Gasteiger partial charge in [-0.25, -0.2) is 4.79 Å². The van der Waals surface area contributed by atoms with E-state index in [9.17, 15) is 24.9 Å². The highest BCUT2D eigenvalue weighted by Gasteiger charge is 2.47. The van der Waals surface area contributed by atoms with Crippen molar-refractivity contribution in [2.24, 2.45) is 0 Å². The van der Waals surface area contributed by atoms with Crippen LogP contribution in [0, 0.1) is 0 Å². The van der Waals surface area contributed by atoms with Gasteiger partial charge in [-0.2, -0.15) is 0 Å². The number of aliphatic hydroxyl groups excluding tert-OH is 3. The van der Waals surface area contributed by atoms with Crippen molar-refractivity contribution < 1.29 is 43.9 Å². The maximum absolute atomic E-state index is 12.8. The first-order valence-corrected chi connectivity index (χ1v) is 10.3. The Bertz CT molecular complexity index is 985. The Morgan fingerprint density at radius 2 is 1.79 bits per heavy atom. The van der Waals surface area contributed by atoms with Crippen molar-refractivity contribution >= 4 is 29.2 Å². The average molecular weight is 482 g/mol. The Hall–Kier alpha value is -2.73. The SMILES string of the molecule is COc1cc(C(=O)O[C@H]2[C@@H](OC)O[C@H](CO)[C@@H](O)[C@@H]2O)cc(Cl)c1NC(=O)c1ccccc1. The molecule has 1 fully saturated rings. The van der Waals surface area contributed by atoms with E-state index in [1.54, 1.807) is 30.3 Å². The summed E-state index contributed by atoms with van der Waals surface area (Å²) in [6, 6.07) is 11.0. The molecule has 0 bridgehead atoms. The number of anilines is 1. The third-order valence-corrected chi connectivity index (χ3v) is 5.38. The van der Waals surface area contributed by atoms with Crippen LogP contribution >= 0.6 is 11.6 Å². The van der Waals surface area contributed by atoms with E-state index in [-0.39, 0.29) is 22.0 Å². The lowest BCUT2D eigenvalue weighted by Gasteiger charge is -2.40. The van der Waals surface area contributed by atoms with Crippen LogP contribution in [0.5, 0.6) is 5.75 Å². The minimum Gasteiger partial charge on any atom is -0.494 e. The van der Waals surface area contributed by atoms with E-state index in [1.165, 1.54) is 26.4 Å². The van der Waals surface area contributed by atoms with Gasteiger partial charge in [-0.3, -0.25) is 4.79 Å². The molecule has 0 unspecified atom stereocenters. The van der Waals surface area contributed by atoms with Gasteiger partial charge in [0.15, 0.2) is 12.4 Å². The summed E-state index contributed by atoms with van der Waals surface area (Å²) in [5.41, 5.74) is 0.507. The highest BCUT2D eigenvalue weighted by molar-refractivity contribution is 6.34. The summed E-state index contributed by atoms with van der Waals surface area (Å²) in [5, 5.41) is 32.4. The zero-order valence-electron chi connectivity index (χ0n) is 17.8. The minimum absolute atomic E-state index is 0.00898. The zero-order valence-corrected chi connectivity index (χ0v) is 18.6. The van der Waals surface area contributed by atoms with Crippen LogP contribution in [-0.2, 0) is 14.2 Å². The number of hydrogen-bond donors (Lipinski definition) is 4. The Morgan fingerprint density at radius 1 is 1.09 bits per heavy atom. The van der Waals surface area contributed by atoms with E-state index >= 15 is 0 Å². The molecule has 1 aliphatic heterocycles. The summed E-state index contributed by atoms with van der Waals surface area (Å²) >= 11 is 6.31. The van der Waals surface area contributed by atoms with Gasteiger partial charge in [-0.15, -0.1) is 0 Å². The molecule has 5 atom stereocenters.